The molecule has 22 heavy (non-hydrogen) atoms. The predicted octanol–water partition coefficient (Wildman–Crippen LogP) is 2.26. The highest BCUT2D eigenvalue weighted by molar-refractivity contribution is 7.91. The number of thiophene rings is 1. The number of rotatable bonds is 3. The van der Waals surface area contributed by atoms with E-state index in [1.54, 1.807) is 0 Å². The minimum Gasteiger partial charge on any atom is -0.317 e. The first-order chi connectivity index (χ1) is 10.5. The molecule has 5 nitrogen and oxygen atoms in total. The van der Waals surface area contributed by atoms with Crippen LogP contribution in [0.15, 0.2) is 0 Å². The molecule has 1 aromatic heterocycles. The van der Waals surface area contributed by atoms with E-state index in [9.17, 15) is 18.5 Å². The van der Waals surface area contributed by atoms with Gasteiger partial charge in [0.1, 0.15) is 11.1 Å². The van der Waals surface area contributed by atoms with Gasteiger partial charge in [-0.15, -0.1) is 11.3 Å². The van der Waals surface area contributed by atoms with Crippen LogP contribution in [0.4, 0.5) is 5.00 Å². The van der Waals surface area contributed by atoms with E-state index < -0.39 is 9.84 Å². The molecule has 3 rings (SSSR count). The van der Waals surface area contributed by atoms with Gasteiger partial charge in [0.2, 0.25) is 5.91 Å². The zero-order valence-corrected chi connectivity index (χ0v) is 13.9. The summed E-state index contributed by atoms with van der Waals surface area (Å²) in [6.07, 6.45) is 4.88. The van der Waals surface area contributed by atoms with Gasteiger partial charge in [0.15, 0.2) is 9.84 Å². The number of nitrogens with zero attached hydrogens (tertiary/aromatic N) is 1. The van der Waals surface area contributed by atoms with Gasteiger partial charge in [-0.25, -0.2) is 8.42 Å². The Balaban J connectivity index is 1.70. The summed E-state index contributed by atoms with van der Waals surface area (Å²) in [4.78, 5) is 13.4. The van der Waals surface area contributed by atoms with Gasteiger partial charge in [-0.2, -0.15) is 5.26 Å². The number of carbonyl (C=O) groups is 1. The number of hydrogen-bond donors (Lipinski definition) is 1. The fourth-order valence-electron chi connectivity index (χ4n) is 3.25. The van der Waals surface area contributed by atoms with E-state index in [2.05, 4.69) is 11.4 Å². The lowest BCUT2D eigenvalue weighted by Gasteiger charge is -2.09. The standard InChI is InChI=1S/C15H18N2O3S2/c16-8-12-11-3-1-2-4-13(11)21-15(12)17-14(18)7-10-5-6-22(19,20)9-10/h10H,1-7,9H2,(H,17,18)/t10-/m0/s1. The second-order valence-corrected chi connectivity index (χ2v) is 9.38. The first-order valence-corrected chi connectivity index (χ1v) is 10.2. The quantitative estimate of drug-likeness (QED) is 0.916. The summed E-state index contributed by atoms with van der Waals surface area (Å²) in [6, 6.07) is 2.22. The molecule has 1 N–H and O–H groups in total. The Hall–Kier alpha value is -1.39. The number of fused-ring (bicyclic) bond motifs is 1. The highest BCUT2D eigenvalue weighted by atomic mass is 32.2. The summed E-state index contributed by atoms with van der Waals surface area (Å²) < 4.78 is 22.9. The van der Waals surface area contributed by atoms with Crippen molar-refractivity contribution in [3.63, 3.8) is 0 Å². The Morgan fingerprint density at radius 1 is 1.36 bits per heavy atom. The summed E-state index contributed by atoms with van der Waals surface area (Å²) in [5, 5.41) is 12.8. The minimum atomic E-state index is -2.96. The van der Waals surface area contributed by atoms with Crippen LogP contribution in [0.5, 0.6) is 0 Å². The molecule has 2 aliphatic rings. The molecule has 0 spiro atoms. The van der Waals surface area contributed by atoms with Gasteiger partial charge in [0.05, 0.1) is 17.1 Å². The van der Waals surface area contributed by atoms with Crippen LogP contribution in [0.2, 0.25) is 0 Å². The number of nitriles is 1. The Bertz CT molecular complexity index is 744. The average Bonchev–Trinajstić information content (AvgIpc) is 2.97. The van der Waals surface area contributed by atoms with E-state index in [0.717, 1.165) is 31.2 Å². The van der Waals surface area contributed by atoms with Crippen molar-refractivity contribution in [3.05, 3.63) is 16.0 Å². The topological polar surface area (TPSA) is 87.0 Å². The number of amides is 1. The van der Waals surface area contributed by atoms with Crippen LogP contribution < -0.4 is 5.32 Å². The summed E-state index contributed by atoms with van der Waals surface area (Å²) in [7, 11) is -2.96. The van der Waals surface area contributed by atoms with Crippen LogP contribution in [0.25, 0.3) is 0 Å². The lowest BCUT2D eigenvalue weighted by atomic mass is 9.96. The molecule has 1 atom stereocenters. The first-order valence-electron chi connectivity index (χ1n) is 7.53. The zero-order chi connectivity index (χ0) is 15.7. The Kier molecular flexibility index (Phi) is 4.24. The maximum atomic E-state index is 12.2. The third-order valence-electron chi connectivity index (χ3n) is 4.34. The van der Waals surface area contributed by atoms with Crippen molar-refractivity contribution >= 4 is 32.1 Å². The highest BCUT2D eigenvalue weighted by Gasteiger charge is 2.30. The molecule has 0 aromatic carbocycles. The second kappa shape index (κ2) is 6.01. The van der Waals surface area contributed by atoms with Crippen molar-refractivity contribution in [2.24, 2.45) is 5.92 Å². The van der Waals surface area contributed by atoms with E-state index in [1.165, 1.54) is 16.2 Å². The molecular weight excluding hydrogens is 320 g/mol. The Morgan fingerprint density at radius 2 is 2.14 bits per heavy atom. The monoisotopic (exact) mass is 338 g/mol. The molecular formula is C15H18N2O3S2. The fraction of sp³-hybridized carbons (Fsp3) is 0.600. The van der Waals surface area contributed by atoms with E-state index >= 15 is 0 Å². The van der Waals surface area contributed by atoms with Gasteiger partial charge in [-0.05, 0) is 43.6 Å². The van der Waals surface area contributed by atoms with Crippen LogP contribution in [0.1, 0.15) is 41.7 Å². The van der Waals surface area contributed by atoms with Crippen molar-refractivity contribution in [2.75, 3.05) is 16.8 Å². The Morgan fingerprint density at radius 3 is 2.82 bits per heavy atom. The van der Waals surface area contributed by atoms with Gasteiger partial charge in [0.25, 0.3) is 0 Å². The summed E-state index contributed by atoms with van der Waals surface area (Å²) >= 11 is 1.50. The minimum absolute atomic E-state index is 0.0925. The first kappa shape index (κ1) is 15.5. The number of hydrogen-bond acceptors (Lipinski definition) is 5. The number of nitrogens with one attached hydrogen (secondary N) is 1. The molecule has 1 aromatic rings. The molecule has 1 saturated heterocycles. The fourth-order valence-corrected chi connectivity index (χ4v) is 6.36. The number of sulfone groups is 1. The van der Waals surface area contributed by atoms with Crippen molar-refractivity contribution in [2.45, 2.75) is 38.5 Å². The van der Waals surface area contributed by atoms with Crippen LogP contribution in [0.3, 0.4) is 0 Å². The lowest BCUT2D eigenvalue weighted by molar-refractivity contribution is -0.116. The van der Waals surface area contributed by atoms with Gasteiger partial charge in [0, 0.05) is 11.3 Å². The molecule has 118 valence electrons. The Labute approximate surface area is 134 Å². The molecule has 2 heterocycles. The van der Waals surface area contributed by atoms with Crippen LogP contribution in [-0.2, 0) is 27.5 Å². The van der Waals surface area contributed by atoms with Crippen molar-refractivity contribution < 1.29 is 13.2 Å². The smallest absolute Gasteiger partial charge is 0.225 e. The van der Waals surface area contributed by atoms with Crippen LogP contribution in [-0.4, -0.2) is 25.8 Å². The van der Waals surface area contributed by atoms with Gasteiger partial charge in [-0.3, -0.25) is 4.79 Å². The molecule has 1 aliphatic carbocycles. The van der Waals surface area contributed by atoms with Gasteiger partial charge in [-0.1, -0.05) is 0 Å². The van der Waals surface area contributed by atoms with E-state index in [1.807, 2.05) is 0 Å². The normalized spacial score (nSPS) is 22.8. The number of carbonyl (C=O) groups excluding carboxylic acids is 1. The molecule has 1 fully saturated rings. The average molecular weight is 338 g/mol. The largest absolute Gasteiger partial charge is 0.317 e. The third kappa shape index (κ3) is 3.18. The third-order valence-corrected chi connectivity index (χ3v) is 7.38. The van der Waals surface area contributed by atoms with Gasteiger partial charge >= 0.3 is 0 Å². The number of anilines is 1. The second-order valence-electron chi connectivity index (χ2n) is 6.05. The van der Waals surface area contributed by atoms with E-state index in [4.69, 9.17) is 0 Å². The molecule has 7 heteroatoms. The van der Waals surface area contributed by atoms with Gasteiger partial charge < -0.3 is 5.32 Å². The number of aryl methyl sites for hydroxylation is 1. The molecule has 0 radical (unpaired) electrons. The molecule has 0 bridgehead atoms. The maximum Gasteiger partial charge on any atom is 0.225 e. The lowest BCUT2D eigenvalue weighted by Crippen LogP contribution is -2.17. The van der Waals surface area contributed by atoms with Crippen LogP contribution >= 0.6 is 11.3 Å². The summed E-state index contributed by atoms with van der Waals surface area (Å²) in [5.74, 6) is 0.0102. The molecule has 1 aliphatic heterocycles. The van der Waals surface area contributed by atoms with Crippen LogP contribution in [0, 0.1) is 17.2 Å². The van der Waals surface area contributed by atoms with Crippen molar-refractivity contribution in [3.8, 4) is 6.07 Å². The molecule has 0 unspecified atom stereocenters. The summed E-state index contributed by atoms with van der Waals surface area (Å²) in [6.45, 7) is 0. The predicted molar refractivity (Wildman–Crippen MR) is 85.7 cm³/mol. The zero-order valence-electron chi connectivity index (χ0n) is 12.2. The van der Waals surface area contributed by atoms with E-state index in [0.29, 0.717) is 17.0 Å². The molecule has 1 amide bonds. The molecule has 0 saturated carbocycles. The van der Waals surface area contributed by atoms with Crippen molar-refractivity contribution in [1.82, 2.24) is 0 Å². The highest BCUT2D eigenvalue weighted by Crippen LogP contribution is 2.37. The SMILES string of the molecule is N#Cc1c(NC(=O)C[C@@H]2CCS(=O)(=O)C2)sc2c1CCCC2. The summed E-state index contributed by atoms with van der Waals surface area (Å²) in [5.41, 5.74) is 1.70. The maximum absolute atomic E-state index is 12.2. The van der Waals surface area contributed by atoms with Crippen molar-refractivity contribution in [1.29, 1.82) is 5.26 Å². The van der Waals surface area contributed by atoms with E-state index in [-0.39, 0.29) is 29.8 Å².